The average Bonchev–Trinajstić information content (AvgIpc) is 3.05. The Hall–Kier alpha value is -2.23. The van der Waals surface area contributed by atoms with Crippen LogP contribution in [0, 0.1) is 0 Å². The van der Waals surface area contributed by atoms with Gasteiger partial charge >= 0.3 is 0 Å². The minimum atomic E-state index is 0.668. The van der Waals surface area contributed by atoms with Gasteiger partial charge < -0.3 is 15.5 Å². The first-order chi connectivity index (χ1) is 10.3. The molecule has 0 saturated carbocycles. The molecule has 112 valence electrons. The van der Waals surface area contributed by atoms with Gasteiger partial charge in [-0.15, -0.1) is 6.58 Å². The van der Waals surface area contributed by atoms with Crippen LogP contribution in [0.5, 0.6) is 0 Å². The van der Waals surface area contributed by atoms with Crippen LogP contribution in [0.2, 0.25) is 0 Å². The van der Waals surface area contributed by atoms with Gasteiger partial charge in [0, 0.05) is 31.9 Å². The molecule has 0 saturated heterocycles. The zero-order valence-electron chi connectivity index (χ0n) is 12.7. The summed E-state index contributed by atoms with van der Waals surface area (Å²) in [7, 11) is 0. The van der Waals surface area contributed by atoms with Crippen molar-refractivity contribution in [1.29, 1.82) is 0 Å². The number of hydrogen-bond donors (Lipinski definition) is 2. The van der Waals surface area contributed by atoms with E-state index in [1.165, 1.54) is 11.3 Å². The summed E-state index contributed by atoms with van der Waals surface area (Å²) in [5.41, 5.74) is 2.48. The fourth-order valence-electron chi connectivity index (χ4n) is 2.22. The summed E-state index contributed by atoms with van der Waals surface area (Å²) in [4.78, 5) is 6.94. The van der Waals surface area contributed by atoms with Crippen LogP contribution in [0.15, 0.2) is 54.1 Å². The van der Waals surface area contributed by atoms with E-state index in [9.17, 15) is 0 Å². The quantitative estimate of drug-likeness (QED) is 0.478. The summed E-state index contributed by atoms with van der Waals surface area (Å²) in [6.07, 6.45) is 6.23. The predicted molar refractivity (Wildman–Crippen MR) is 90.8 cm³/mol. The zero-order chi connectivity index (χ0) is 14.9. The van der Waals surface area contributed by atoms with Crippen molar-refractivity contribution < 1.29 is 0 Å². The second kappa shape index (κ2) is 8.15. The van der Waals surface area contributed by atoms with Crippen LogP contribution >= 0.6 is 0 Å². The first kappa shape index (κ1) is 15.2. The summed E-state index contributed by atoms with van der Waals surface area (Å²) in [5, 5.41) is 6.44. The van der Waals surface area contributed by atoms with E-state index < -0.39 is 0 Å². The van der Waals surface area contributed by atoms with E-state index in [0.717, 1.165) is 25.6 Å². The molecule has 0 unspecified atom stereocenters. The number of guanidine groups is 1. The van der Waals surface area contributed by atoms with Gasteiger partial charge in [-0.1, -0.05) is 30.4 Å². The Kier molecular flexibility index (Phi) is 5.88. The third kappa shape index (κ3) is 4.67. The monoisotopic (exact) mass is 284 g/mol. The molecule has 0 amide bonds. The molecule has 1 aromatic rings. The van der Waals surface area contributed by atoms with Gasteiger partial charge in [0.25, 0.3) is 0 Å². The molecule has 4 heteroatoms. The molecule has 1 aliphatic heterocycles. The van der Waals surface area contributed by atoms with Crippen molar-refractivity contribution in [3.63, 3.8) is 0 Å². The van der Waals surface area contributed by atoms with Crippen LogP contribution in [0.4, 0.5) is 5.69 Å². The van der Waals surface area contributed by atoms with Gasteiger partial charge in [0.2, 0.25) is 0 Å². The molecule has 4 nitrogen and oxygen atoms in total. The van der Waals surface area contributed by atoms with E-state index in [1.807, 2.05) is 6.08 Å². The Labute approximate surface area is 127 Å². The second-order valence-corrected chi connectivity index (χ2v) is 4.91. The van der Waals surface area contributed by atoms with Gasteiger partial charge in [0.1, 0.15) is 0 Å². The number of nitrogens with zero attached hydrogens (tertiary/aromatic N) is 2. The highest BCUT2D eigenvalue weighted by atomic mass is 15.2. The SMILES string of the molecule is C=CCNC(=NCc1cccc(N2CC=CC2)c1)NCC. The summed E-state index contributed by atoms with van der Waals surface area (Å²) < 4.78 is 0. The minimum absolute atomic E-state index is 0.668. The lowest BCUT2D eigenvalue weighted by Gasteiger charge is -2.18. The molecule has 2 rings (SSSR count). The van der Waals surface area contributed by atoms with E-state index in [0.29, 0.717) is 13.1 Å². The average molecular weight is 284 g/mol. The van der Waals surface area contributed by atoms with E-state index in [1.54, 1.807) is 0 Å². The fourth-order valence-corrected chi connectivity index (χ4v) is 2.22. The number of anilines is 1. The fraction of sp³-hybridized carbons (Fsp3) is 0.353. The lowest BCUT2D eigenvalue weighted by molar-refractivity contribution is 0.860. The van der Waals surface area contributed by atoms with Crippen molar-refractivity contribution >= 4 is 11.6 Å². The second-order valence-electron chi connectivity index (χ2n) is 4.91. The van der Waals surface area contributed by atoms with Crippen molar-refractivity contribution in [3.05, 3.63) is 54.6 Å². The number of nitrogens with one attached hydrogen (secondary N) is 2. The molecule has 1 aliphatic rings. The molecule has 1 heterocycles. The van der Waals surface area contributed by atoms with Gasteiger partial charge in [-0.2, -0.15) is 0 Å². The molecule has 0 radical (unpaired) electrons. The maximum Gasteiger partial charge on any atom is 0.191 e. The van der Waals surface area contributed by atoms with Gasteiger partial charge in [-0.05, 0) is 24.6 Å². The smallest absolute Gasteiger partial charge is 0.191 e. The summed E-state index contributed by atoms with van der Waals surface area (Å²) >= 11 is 0. The predicted octanol–water partition coefficient (Wildman–Crippen LogP) is 2.30. The standard InChI is InChI=1S/C17H24N4/c1-3-10-19-17(18-4-2)20-14-15-8-7-9-16(13-15)21-11-5-6-12-21/h3,5-9,13H,1,4,10-12,14H2,2H3,(H2,18,19,20). The molecule has 1 aromatic carbocycles. The largest absolute Gasteiger partial charge is 0.364 e. The van der Waals surface area contributed by atoms with Crippen LogP contribution in [-0.2, 0) is 6.54 Å². The van der Waals surface area contributed by atoms with Gasteiger partial charge in [0.05, 0.1) is 6.54 Å². The normalized spacial score (nSPS) is 14.3. The first-order valence-electron chi connectivity index (χ1n) is 7.45. The molecule has 0 aromatic heterocycles. The van der Waals surface area contributed by atoms with Crippen LogP contribution in [0.1, 0.15) is 12.5 Å². The lowest BCUT2D eigenvalue weighted by atomic mass is 10.2. The summed E-state index contributed by atoms with van der Waals surface area (Å²) in [6.45, 7) is 10.00. The number of aliphatic imine (C=N–C) groups is 1. The molecule has 2 N–H and O–H groups in total. The van der Waals surface area contributed by atoms with E-state index >= 15 is 0 Å². The molecule has 0 bridgehead atoms. The molecule has 21 heavy (non-hydrogen) atoms. The number of hydrogen-bond acceptors (Lipinski definition) is 2. The first-order valence-corrected chi connectivity index (χ1v) is 7.45. The highest BCUT2D eigenvalue weighted by Gasteiger charge is 2.07. The van der Waals surface area contributed by atoms with Crippen molar-refractivity contribution in [3.8, 4) is 0 Å². The van der Waals surface area contributed by atoms with Crippen LogP contribution < -0.4 is 15.5 Å². The topological polar surface area (TPSA) is 39.7 Å². The van der Waals surface area contributed by atoms with Gasteiger partial charge in [-0.25, -0.2) is 4.99 Å². The summed E-state index contributed by atoms with van der Waals surface area (Å²) in [6, 6.07) is 8.59. The molecule has 0 atom stereocenters. The Morgan fingerprint density at radius 1 is 1.33 bits per heavy atom. The highest BCUT2D eigenvalue weighted by Crippen LogP contribution is 2.18. The Bertz CT molecular complexity index is 511. The molecule has 0 spiro atoms. The molecular formula is C17H24N4. The zero-order valence-corrected chi connectivity index (χ0v) is 12.7. The van der Waals surface area contributed by atoms with Crippen LogP contribution in [-0.4, -0.2) is 32.1 Å². The van der Waals surface area contributed by atoms with Crippen LogP contribution in [0.3, 0.4) is 0 Å². The third-order valence-electron chi connectivity index (χ3n) is 3.27. The Balaban J connectivity index is 2.00. The molecule has 0 aliphatic carbocycles. The maximum absolute atomic E-state index is 4.60. The van der Waals surface area contributed by atoms with Crippen molar-refractivity contribution in [2.24, 2.45) is 4.99 Å². The van der Waals surface area contributed by atoms with Crippen molar-refractivity contribution in [2.75, 3.05) is 31.1 Å². The van der Waals surface area contributed by atoms with Crippen molar-refractivity contribution in [1.82, 2.24) is 10.6 Å². The lowest BCUT2D eigenvalue weighted by Crippen LogP contribution is -2.37. The number of rotatable bonds is 6. The van der Waals surface area contributed by atoms with Gasteiger partial charge in [0.15, 0.2) is 5.96 Å². The van der Waals surface area contributed by atoms with E-state index in [2.05, 4.69) is 70.4 Å². The maximum atomic E-state index is 4.60. The third-order valence-corrected chi connectivity index (χ3v) is 3.27. The molecule has 0 fully saturated rings. The highest BCUT2D eigenvalue weighted by molar-refractivity contribution is 5.79. The minimum Gasteiger partial charge on any atom is -0.364 e. The summed E-state index contributed by atoms with van der Waals surface area (Å²) in [5.74, 6) is 0.825. The van der Waals surface area contributed by atoms with E-state index in [-0.39, 0.29) is 0 Å². The van der Waals surface area contributed by atoms with Crippen LogP contribution in [0.25, 0.3) is 0 Å². The Morgan fingerprint density at radius 3 is 2.86 bits per heavy atom. The molecular weight excluding hydrogens is 260 g/mol. The number of benzene rings is 1. The van der Waals surface area contributed by atoms with Gasteiger partial charge in [-0.3, -0.25) is 0 Å². The van der Waals surface area contributed by atoms with E-state index in [4.69, 9.17) is 0 Å². The Morgan fingerprint density at radius 2 is 2.14 bits per heavy atom. The van der Waals surface area contributed by atoms with Crippen molar-refractivity contribution in [2.45, 2.75) is 13.5 Å².